The minimum atomic E-state index is -0.843. The van der Waals surface area contributed by atoms with E-state index in [4.69, 9.17) is 0 Å². The van der Waals surface area contributed by atoms with Gasteiger partial charge in [0.05, 0.1) is 5.56 Å². The fraction of sp³-hybridized carbons (Fsp3) is 0.696. The Morgan fingerprint density at radius 2 is 1.52 bits per heavy atom. The number of carbonyl (C=O) groups is 1. The summed E-state index contributed by atoms with van der Waals surface area (Å²) < 4.78 is 0. The molecule has 0 radical (unpaired) electrons. The number of carboxylic acid groups (broad SMARTS) is 1. The van der Waals surface area contributed by atoms with Crippen LogP contribution in [0.1, 0.15) is 107 Å². The number of hydrogen-bond donors (Lipinski definition) is 1. The third-order valence-corrected chi connectivity index (χ3v) is 6.28. The molecular weight excluding hydrogens is 308 g/mol. The molecule has 0 spiro atoms. The molecule has 1 N–H and O–H groups in total. The highest BCUT2D eigenvalue weighted by atomic mass is 16.4. The molecule has 0 amide bonds. The van der Waals surface area contributed by atoms with Crippen molar-refractivity contribution in [1.29, 1.82) is 0 Å². The second-order valence-electron chi connectivity index (χ2n) is 8.72. The fourth-order valence-electron chi connectivity index (χ4n) is 3.52. The molecule has 0 aliphatic rings. The first-order chi connectivity index (χ1) is 11.6. The number of unbranched alkanes of at least 4 members (excludes halogenated alkanes) is 6. The van der Waals surface area contributed by atoms with Gasteiger partial charge in [0.2, 0.25) is 0 Å². The molecule has 0 aliphatic heterocycles. The van der Waals surface area contributed by atoms with Crippen LogP contribution in [0.5, 0.6) is 0 Å². The van der Waals surface area contributed by atoms with E-state index in [1.54, 1.807) is 6.07 Å². The molecule has 0 bridgehead atoms. The van der Waals surface area contributed by atoms with Gasteiger partial charge in [0.1, 0.15) is 0 Å². The van der Waals surface area contributed by atoms with Crippen molar-refractivity contribution in [1.82, 2.24) is 0 Å². The summed E-state index contributed by atoms with van der Waals surface area (Å²) in [5.41, 5.74) is 2.68. The maximum absolute atomic E-state index is 11.2. The summed E-state index contributed by atoms with van der Waals surface area (Å²) >= 11 is 0. The van der Waals surface area contributed by atoms with Gasteiger partial charge in [0, 0.05) is 0 Å². The Labute approximate surface area is 155 Å². The topological polar surface area (TPSA) is 37.3 Å². The number of benzene rings is 1. The maximum Gasteiger partial charge on any atom is 0.335 e. The molecule has 1 rings (SSSR count). The van der Waals surface area contributed by atoms with Gasteiger partial charge in [-0.3, -0.25) is 0 Å². The van der Waals surface area contributed by atoms with E-state index in [1.165, 1.54) is 56.9 Å². The van der Waals surface area contributed by atoms with Crippen LogP contribution in [-0.4, -0.2) is 11.1 Å². The molecule has 0 heterocycles. The zero-order chi connectivity index (χ0) is 19.1. The van der Waals surface area contributed by atoms with Crippen molar-refractivity contribution in [3.05, 3.63) is 34.9 Å². The normalized spacial score (nSPS) is 12.4. The standard InChI is InChI=1S/C23H38O2/c1-7-8-9-10-11-12-13-16-22(3,4)23(5,6)19-14-15-20(21(24)25)18(2)17-19/h14-15,17H,7-13,16H2,1-6H3,(H,24,25). The molecule has 0 saturated carbocycles. The van der Waals surface area contributed by atoms with Gasteiger partial charge >= 0.3 is 5.97 Å². The van der Waals surface area contributed by atoms with Crippen molar-refractivity contribution in [2.24, 2.45) is 5.41 Å². The van der Waals surface area contributed by atoms with Crippen LogP contribution in [0, 0.1) is 12.3 Å². The van der Waals surface area contributed by atoms with Crippen molar-refractivity contribution in [3.8, 4) is 0 Å². The molecule has 2 heteroatoms. The van der Waals surface area contributed by atoms with Gasteiger partial charge in [-0.25, -0.2) is 4.79 Å². The van der Waals surface area contributed by atoms with Crippen LogP contribution in [0.15, 0.2) is 18.2 Å². The lowest BCUT2D eigenvalue weighted by molar-refractivity contribution is 0.0696. The molecular formula is C23H38O2. The highest BCUT2D eigenvalue weighted by molar-refractivity contribution is 5.89. The van der Waals surface area contributed by atoms with Gasteiger partial charge < -0.3 is 5.11 Å². The SMILES string of the molecule is CCCCCCCCCC(C)(C)C(C)(C)c1ccc(C(=O)O)c(C)c1. The molecule has 0 aromatic heterocycles. The smallest absolute Gasteiger partial charge is 0.335 e. The van der Waals surface area contributed by atoms with E-state index in [0.717, 1.165) is 5.56 Å². The van der Waals surface area contributed by atoms with Gasteiger partial charge in [-0.15, -0.1) is 0 Å². The molecule has 1 aromatic carbocycles. The van der Waals surface area contributed by atoms with E-state index >= 15 is 0 Å². The predicted molar refractivity (Wildman–Crippen MR) is 108 cm³/mol. The van der Waals surface area contributed by atoms with E-state index in [0.29, 0.717) is 5.56 Å². The number of carboxylic acids is 1. The van der Waals surface area contributed by atoms with Crippen molar-refractivity contribution in [2.75, 3.05) is 0 Å². The second kappa shape index (κ2) is 9.40. The summed E-state index contributed by atoms with van der Waals surface area (Å²) in [7, 11) is 0. The Balaban J connectivity index is 2.68. The van der Waals surface area contributed by atoms with Crippen molar-refractivity contribution < 1.29 is 9.90 Å². The maximum atomic E-state index is 11.2. The molecule has 0 saturated heterocycles. The van der Waals surface area contributed by atoms with E-state index in [1.807, 2.05) is 13.0 Å². The Kier molecular flexibility index (Phi) is 8.18. The highest BCUT2D eigenvalue weighted by Crippen LogP contribution is 2.45. The fourth-order valence-corrected chi connectivity index (χ4v) is 3.52. The summed E-state index contributed by atoms with van der Waals surface area (Å²) in [6, 6.07) is 5.83. The molecule has 0 fully saturated rings. The highest BCUT2D eigenvalue weighted by Gasteiger charge is 2.38. The number of aromatic carboxylic acids is 1. The van der Waals surface area contributed by atoms with E-state index in [9.17, 15) is 9.90 Å². The van der Waals surface area contributed by atoms with E-state index in [-0.39, 0.29) is 10.8 Å². The Morgan fingerprint density at radius 1 is 0.960 bits per heavy atom. The lowest BCUT2D eigenvalue weighted by Gasteiger charge is -2.43. The second-order valence-corrected chi connectivity index (χ2v) is 8.72. The molecule has 0 unspecified atom stereocenters. The summed E-state index contributed by atoms with van der Waals surface area (Å²) in [6.07, 6.45) is 10.6. The minimum absolute atomic E-state index is 0.0109. The van der Waals surface area contributed by atoms with Crippen molar-refractivity contribution in [2.45, 2.75) is 98.3 Å². The summed E-state index contributed by atoms with van der Waals surface area (Å²) in [5, 5.41) is 9.24. The van der Waals surface area contributed by atoms with Gasteiger partial charge in [-0.1, -0.05) is 91.7 Å². The Morgan fingerprint density at radius 3 is 2.04 bits per heavy atom. The van der Waals surface area contributed by atoms with Crippen LogP contribution >= 0.6 is 0 Å². The summed E-state index contributed by atoms with van der Waals surface area (Å²) in [5.74, 6) is -0.843. The monoisotopic (exact) mass is 346 g/mol. The Hall–Kier alpha value is -1.31. The molecule has 25 heavy (non-hydrogen) atoms. The van der Waals surface area contributed by atoms with Gasteiger partial charge in [-0.05, 0) is 41.4 Å². The third kappa shape index (κ3) is 5.87. The van der Waals surface area contributed by atoms with Crippen LogP contribution in [0.2, 0.25) is 0 Å². The number of aryl methyl sites for hydroxylation is 1. The summed E-state index contributed by atoms with van der Waals surface area (Å²) in [6.45, 7) is 13.4. The van der Waals surface area contributed by atoms with Crippen LogP contribution in [-0.2, 0) is 5.41 Å². The van der Waals surface area contributed by atoms with Gasteiger partial charge in [0.25, 0.3) is 0 Å². The van der Waals surface area contributed by atoms with Gasteiger partial charge in [-0.2, -0.15) is 0 Å². The van der Waals surface area contributed by atoms with Crippen molar-refractivity contribution in [3.63, 3.8) is 0 Å². The van der Waals surface area contributed by atoms with Gasteiger partial charge in [0.15, 0.2) is 0 Å². The quantitative estimate of drug-likeness (QED) is 0.432. The zero-order valence-corrected chi connectivity index (χ0v) is 17.2. The molecule has 0 aliphatic carbocycles. The number of rotatable bonds is 11. The molecule has 2 nitrogen and oxygen atoms in total. The average molecular weight is 347 g/mol. The lowest BCUT2D eigenvalue weighted by atomic mass is 9.62. The molecule has 0 atom stereocenters. The van der Waals surface area contributed by atoms with Crippen molar-refractivity contribution >= 4 is 5.97 Å². The summed E-state index contributed by atoms with van der Waals surface area (Å²) in [4.78, 5) is 11.2. The largest absolute Gasteiger partial charge is 0.478 e. The van der Waals surface area contributed by atoms with Crippen LogP contribution in [0.25, 0.3) is 0 Å². The predicted octanol–water partition coefficient (Wildman–Crippen LogP) is 7.14. The third-order valence-electron chi connectivity index (χ3n) is 6.28. The van der Waals surface area contributed by atoms with Crippen LogP contribution < -0.4 is 0 Å². The van der Waals surface area contributed by atoms with Crippen LogP contribution in [0.4, 0.5) is 0 Å². The van der Waals surface area contributed by atoms with E-state index < -0.39 is 5.97 Å². The molecule has 1 aromatic rings. The first kappa shape index (κ1) is 21.7. The minimum Gasteiger partial charge on any atom is -0.478 e. The molecule has 142 valence electrons. The van der Waals surface area contributed by atoms with E-state index in [2.05, 4.69) is 40.7 Å². The first-order valence-corrected chi connectivity index (χ1v) is 9.98. The average Bonchev–Trinajstić information content (AvgIpc) is 2.53. The number of hydrogen-bond acceptors (Lipinski definition) is 1. The zero-order valence-electron chi connectivity index (χ0n) is 17.2. The first-order valence-electron chi connectivity index (χ1n) is 9.98. The van der Waals surface area contributed by atoms with Crippen LogP contribution in [0.3, 0.4) is 0 Å². The lowest BCUT2D eigenvalue weighted by Crippen LogP contribution is -2.36. The Bertz CT molecular complexity index is 555.